The summed E-state index contributed by atoms with van der Waals surface area (Å²) in [5.74, 6) is 1.64. The van der Waals surface area contributed by atoms with E-state index in [1.165, 1.54) is 0 Å². The predicted octanol–water partition coefficient (Wildman–Crippen LogP) is 3.76. The molecule has 33 heavy (non-hydrogen) atoms. The summed E-state index contributed by atoms with van der Waals surface area (Å²) in [7, 11) is 1.70. The first-order valence-electron chi connectivity index (χ1n) is 11.8. The number of halogens is 1. The number of nitrogens with zero attached hydrogens (tertiary/aromatic N) is 2. The van der Waals surface area contributed by atoms with Gasteiger partial charge in [0.25, 0.3) is 0 Å². The maximum atomic E-state index is 12.9. The maximum absolute atomic E-state index is 12.9. The van der Waals surface area contributed by atoms with Crippen LogP contribution >= 0.6 is 11.6 Å². The highest BCUT2D eigenvalue weighted by Crippen LogP contribution is 2.28. The Hall–Kier alpha value is -2.06. The third kappa shape index (κ3) is 6.73. The van der Waals surface area contributed by atoms with Gasteiger partial charge in [-0.2, -0.15) is 0 Å². The number of nitrogens with one attached hydrogen (secondary N) is 2. The molecule has 2 atom stereocenters. The molecule has 0 spiro atoms. The van der Waals surface area contributed by atoms with E-state index in [0.717, 1.165) is 68.2 Å². The number of methoxy groups -OCH3 is 1. The van der Waals surface area contributed by atoms with Crippen molar-refractivity contribution in [3.63, 3.8) is 0 Å². The quantitative estimate of drug-likeness (QED) is 0.574. The second-order valence-corrected chi connectivity index (χ2v) is 9.39. The van der Waals surface area contributed by atoms with E-state index in [4.69, 9.17) is 26.1 Å². The van der Waals surface area contributed by atoms with Crippen LogP contribution in [0.2, 0.25) is 5.02 Å². The molecule has 4 heterocycles. The molecule has 2 aliphatic heterocycles. The monoisotopic (exact) mass is 472 g/mol. The van der Waals surface area contributed by atoms with Crippen LogP contribution in [0, 0.1) is 11.8 Å². The van der Waals surface area contributed by atoms with Crippen molar-refractivity contribution in [2.75, 3.05) is 45.3 Å². The minimum atomic E-state index is 0.00914. The summed E-state index contributed by atoms with van der Waals surface area (Å²) >= 11 is 6.47. The van der Waals surface area contributed by atoms with E-state index in [1.807, 2.05) is 24.3 Å². The Bertz CT molecular complexity index is 928. The predicted molar refractivity (Wildman–Crippen MR) is 130 cm³/mol. The number of carbonyl (C=O) groups is 1. The van der Waals surface area contributed by atoms with E-state index in [1.54, 1.807) is 13.3 Å². The minimum absolute atomic E-state index is 0.00914. The lowest BCUT2D eigenvalue weighted by molar-refractivity contribution is -0.123. The van der Waals surface area contributed by atoms with Crippen molar-refractivity contribution < 1.29 is 14.3 Å². The van der Waals surface area contributed by atoms with E-state index in [-0.39, 0.29) is 11.7 Å². The number of anilines is 1. The normalized spacial score (nSPS) is 21.6. The third-order valence-electron chi connectivity index (χ3n) is 6.54. The average Bonchev–Trinajstić information content (AvgIpc) is 2.85. The number of ketones is 1. The van der Waals surface area contributed by atoms with Gasteiger partial charge in [-0.25, -0.2) is 4.98 Å². The lowest BCUT2D eigenvalue weighted by Crippen LogP contribution is -2.44. The molecule has 0 radical (unpaired) electrons. The molecular formula is C25H33ClN4O3. The van der Waals surface area contributed by atoms with Gasteiger partial charge in [0.05, 0.1) is 17.3 Å². The Morgan fingerprint density at radius 1 is 1.27 bits per heavy atom. The number of rotatable bonds is 9. The fraction of sp³-hybridized carbons (Fsp3) is 0.560. The number of hydrogen-bond donors (Lipinski definition) is 2. The van der Waals surface area contributed by atoms with Crippen molar-refractivity contribution in [2.45, 2.75) is 38.1 Å². The fourth-order valence-corrected chi connectivity index (χ4v) is 4.71. The molecule has 7 nitrogen and oxygen atoms in total. The van der Waals surface area contributed by atoms with Crippen molar-refractivity contribution in [1.82, 2.24) is 15.3 Å². The van der Waals surface area contributed by atoms with Crippen molar-refractivity contribution in [3.05, 3.63) is 41.2 Å². The Kier molecular flexibility index (Phi) is 8.67. The standard InChI is InChI=1S/C25H33ClN4O3/c1-32-16-19-6-5-18(14-27-19)24(31)12-20-11-21(22(26)15-28-20)23-3-2-4-25(30-23)29-13-17-7-9-33-10-8-17/h2-4,11,15,17-19,27H,5-10,12-14,16H2,1H3,(H,29,30)/t18-,19+/m1/s1. The number of Topliss-reactive ketones (excluding diaryl/α,β-unsaturated/α-hetero) is 1. The number of pyridine rings is 2. The number of hydrogen-bond acceptors (Lipinski definition) is 7. The molecule has 0 amide bonds. The van der Waals surface area contributed by atoms with Crippen molar-refractivity contribution >= 4 is 23.2 Å². The first-order chi connectivity index (χ1) is 16.1. The maximum Gasteiger partial charge on any atom is 0.143 e. The topological polar surface area (TPSA) is 85.4 Å². The Labute approximate surface area is 200 Å². The molecule has 8 heteroatoms. The fourth-order valence-electron chi connectivity index (χ4n) is 4.51. The zero-order chi connectivity index (χ0) is 23.0. The lowest BCUT2D eigenvalue weighted by atomic mass is 9.89. The van der Waals surface area contributed by atoms with Crippen LogP contribution < -0.4 is 10.6 Å². The summed E-state index contributed by atoms with van der Waals surface area (Å²) < 4.78 is 10.6. The molecule has 2 aromatic heterocycles. The van der Waals surface area contributed by atoms with Gasteiger partial charge in [0.2, 0.25) is 0 Å². The van der Waals surface area contributed by atoms with Crippen LogP contribution in [0.3, 0.4) is 0 Å². The van der Waals surface area contributed by atoms with Gasteiger partial charge in [0, 0.05) is 69.2 Å². The molecule has 4 rings (SSSR count). The van der Waals surface area contributed by atoms with Crippen LogP contribution in [0.1, 0.15) is 31.4 Å². The number of aromatic nitrogens is 2. The van der Waals surface area contributed by atoms with Gasteiger partial charge in [0.1, 0.15) is 11.6 Å². The molecule has 2 fully saturated rings. The van der Waals surface area contributed by atoms with Gasteiger partial charge in [0.15, 0.2) is 0 Å². The van der Waals surface area contributed by atoms with E-state index in [9.17, 15) is 4.79 Å². The molecule has 0 saturated carbocycles. The molecule has 2 aliphatic rings. The molecule has 0 aromatic carbocycles. The van der Waals surface area contributed by atoms with E-state index in [0.29, 0.717) is 36.6 Å². The van der Waals surface area contributed by atoms with Crippen molar-refractivity contribution in [2.24, 2.45) is 11.8 Å². The molecule has 2 aromatic rings. The molecule has 0 aliphatic carbocycles. The second-order valence-electron chi connectivity index (χ2n) is 8.98. The van der Waals surface area contributed by atoms with Crippen LogP contribution in [-0.4, -0.2) is 61.8 Å². The minimum Gasteiger partial charge on any atom is -0.383 e. The van der Waals surface area contributed by atoms with Gasteiger partial charge in [-0.3, -0.25) is 9.78 Å². The molecule has 2 N–H and O–H groups in total. The van der Waals surface area contributed by atoms with Crippen LogP contribution in [0.5, 0.6) is 0 Å². The summed E-state index contributed by atoms with van der Waals surface area (Å²) in [5, 5.41) is 7.39. The van der Waals surface area contributed by atoms with E-state index < -0.39 is 0 Å². The van der Waals surface area contributed by atoms with E-state index in [2.05, 4.69) is 15.6 Å². The van der Waals surface area contributed by atoms with Gasteiger partial charge >= 0.3 is 0 Å². The smallest absolute Gasteiger partial charge is 0.143 e. The third-order valence-corrected chi connectivity index (χ3v) is 6.85. The average molecular weight is 473 g/mol. The van der Waals surface area contributed by atoms with E-state index >= 15 is 0 Å². The van der Waals surface area contributed by atoms with Gasteiger partial charge < -0.3 is 20.1 Å². The molecule has 2 saturated heterocycles. The summed E-state index contributed by atoms with van der Waals surface area (Å²) in [6, 6.07) is 8.11. The molecule has 178 valence electrons. The first-order valence-corrected chi connectivity index (χ1v) is 12.2. The zero-order valence-corrected chi connectivity index (χ0v) is 19.9. The Morgan fingerprint density at radius 3 is 2.88 bits per heavy atom. The highest BCUT2D eigenvalue weighted by molar-refractivity contribution is 6.33. The number of piperidine rings is 1. The van der Waals surface area contributed by atoms with Crippen LogP contribution in [0.4, 0.5) is 5.82 Å². The Morgan fingerprint density at radius 2 is 2.12 bits per heavy atom. The highest BCUT2D eigenvalue weighted by atomic mass is 35.5. The van der Waals surface area contributed by atoms with Crippen LogP contribution in [0.25, 0.3) is 11.3 Å². The van der Waals surface area contributed by atoms with Crippen LogP contribution in [-0.2, 0) is 20.7 Å². The highest BCUT2D eigenvalue weighted by Gasteiger charge is 2.26. The summed E-state index contributed by atoms with van der Waals surface area (Å²) in [5.41, 5.74) is 2.29. The largest absolute Gasteiger partial charge is 0.383 e. The zero-order valence-electron chi connectivity index (χ0n) is 19.2. The van der Waals surface area contributed by atoms with Crippen molar-refractivity contribution in [1.29, 1.82) is 0 Å². The lowest BCUT2D eigenvalue weighted by Gasteiger charge is -2.28. The summed E-state index contributed by atoms with van der Waals surface area (Å²) in [6.45, 7) is 3.91. The van der Waals surface area contributed by atoms with Crippen LogP contribution in [0.15, 0.2) is 30.5 Å². The number of carbonyl (C=O) groups excluding carboxylic acids is 1. The van der Waals surface area contributed by atoms with Gasteiger partial charge in [-0.1, -0.05) is 17.7 Å². The second kappa shape index (κ2) is 11.9. The summed E-state index contributed by atoms with van der Waals surface area (Å²) in [6.07, 6.45) is 5.89. The Balaban J connectivity index is 1.39. The summed E-state index contributed by atoms with van der Waals surface area (Å²) in [4.78, 5) is 22.1. The SMILES string of the molecule is COC[C@@H]1CC[C@@H](C(=O)Cc2cc(-c3cccc(NCC4CCOCC4)n3)c(Cl)cn2)CN1. The molecule has 0 bridgehead atoms. The molecular weight excluding hydrogens is 440 g/mol. The molecule has 0 unspecified atom stereocenters. The van der Waals surface area contributed by atoms with Gasteiger partial charge in [-0.15, -0.1) is 0 Å². The van der Waals surface area contributed by atoms with Crippen molar-refractivity contribution in [3.8, 4) is 11.3 Å². The van der Waals surface area contributed by atoms with Gasteiger partial charge in [-0.05, 0) is 49.8 Å². The number of ether oxygens (including phenoxy) is 2. The first kappa shape index (κ1) is 24.1.